The van der Waals surface area contributed by atoms with Crippen LogP contribution in [0.3, 0.4) is 0 Å². The van der Waals surface area contributed by atoms with Gasteiger partial charge in [-0.25, -0.2) is 0 Å². The van der Waals surface area contributed by atoms with E-state index in [2.05, 4.69) is 0 Å². The van der Waals surface area contributed by atoms with E-state index in [1.165, 1.54) is 0 Å². The maximum Gasteiger partial charge on any atom is 0.227 e. The molecule has 0 spiro atoms. The van der Waals surface area contributed by atoms with Crippen LogP contribution in [-0.2, 0) is 22.6 Å². The van der Waals surface area contributed by atoms with Gasteiger partial charge in [-0.2, -0.15) is 11.3 Å². The van der Waals surface area contributed by atoms with E-state index < -0.39 is 0 Å². The summed E-state index contributed by atoms with van der Waals surface area (Å²) in [7, 11) is 0. The Bertz CT molecular complexity index is 655. The summed E-state index contributed by atoms with van der Waals surface area (Å²) in [6.07, 6.45) is 0.832. The van der Waals surface area contributed by atoms with Gasteiger partial charge in [-0.1, -0.05) is 30.3 Å². The zero-order valence-electron chi connectivity index (χ0n) is 13.0. The molecule has 1 saturated heterocycles. The molecule has 4 nitrogen and oxygen atoms in total. The lowest BCUT2D eigenvalue weighted by molar-refractivity contribution is -0.130. The molecule has 2 amide bonds. The van der Waals surface area contributed by atoms with Crippen molar-refractivity contribution in [1.82, 2.24) is 9.80 Å². The summed E-state index contributed by atoms with van der Waals surface area (Å²) in [5.74, 6) is 0.234. The minimum atomic E-state index is 0.109. The van der Waals surface area contributed by atoms with Gasteiger partial charge in [0, 0.05) is 32.6 Å². The molecule has 3 rings (SSSR count). The van der Waals surface area contributed by atoms with E-state index in [1.807, 2.05) is 57.0 Å². The van der Waals surface area contributed by atoms with Gasteiger partial charge in [0.1, 0.15) is 0 Å². The molecule has 0 atom stereocenters. The normalized spacial score (nSPS) is 15.6. The molecule has 0 N–H and O–H groups in total. The number of nitrogens with zero attached hydrogens (tertiary/aromatic N) is 2. The molecule has 120 valence electrons. The SMILES string of the molecule is O=C(Cc1ccsc1)N1CCC(=O)N(Cc2ccccc2)CC1. The number of thiophene rings is 1. The quantitative estimate of drug-likeness (QED) is 0.865. The predicted molar refractivity (Wildman–Crippen MR) is 91.1 cm³/mol. The molecule has 23 heavy (non-hydrogen) atoms. The fourth-order valence-corrected chi connectivity index (χ4v) is 3.44. The summed E-state index contributed by atoms with van der Waals surface area (Å²) < 4.78 is 0. The van der Waals surface area contributed by atoms with Crippen molar-refractivity contribution >= 4 is 23.2 Å². The predicted octanol–water partition coefficient (Wildman–Crippen LogP) is 2.55. The molecule has 2 aromatic rings. The average Bonchev–Trinajstić information content (AvgIpc) is 3.00. The topological polar surface area (TPSA) is 40.6 Å². The van der Waals surface area contributed by atoms with Crippen LogP contribution in [0.5, 0.6) is 0 Å². The lowest BCUT2D eigenvalue weighted by Crippen LogP contribution is -2.36. The summed E-state index contributed by atoms with van der Waals surface area (Å²) in [5.41, 5.74) is 2.18. The van der Waals surface area contributed by atoms with E-state index in [0.29, 0.717) is 39.0 Å². The molecule has 1 fully saturated rings. The van der Waals surface area contributed by atoms with Crippen molar-refractivity contribution in [3.05, 3.63) is 58.3 Å². The molecule has 0 aliphatic carbocycles. The van der Waals surface area contributed by atoms with Crippen LogP contribution < -0.4 is 0 Å². The largest absolute Gasteiger partial charge is 0.340 e. The summed E-state index contributed by atoms with van der Waals surface area (Å²) in [6, 6.07) is 12.0. The maximum absolute atomic E-state index is 12.4. The Hall–Kier alpha value is -2.14. The molecule has 2 heterocycles. The van der Waals surface area contributed by atoms with E-state index in [1.54, 1.807) is 11.3 Å². The van der Waals surface area contributed by atoms with E-state index in [-0.39, 0.29) is 11.8 Å². The third-order valence-corrected chi connectivity index (χ3v) is 4.82. The number of carbonyl (C=O) groups excluding carboxylic acids is 2. The Morgan fingerprint density at radius 3 is 2.61 bits per heavy atom. The van der Waals surface area contributed by atoms with Crippen LogP contribution >= 0.6 is 11.3 Å². The number of amides is 2. The van der Waals surface area contributed by atoms with Crippen LogP contribution in [0.4, 0.5) is 0 Å². The minimum Gasteiger partial charge on any atom is -0.340 e. The van der Waals surface area contributed by atoms with Crippen molar-refractivity contribution in [2.75, 3.05) is 19.6 Å². The third-order valence-electron chi connectivity index (χ3n) is 4.09. The Kier molecular flexibility index (Phi) is 5.08. The molecule has 1 aliphatic rings. The highest BCUT2D eigenvalue weighted by atomic mass is 32.1. The van der Waals surface area contributed by atoms with Crippen LogP contribution in [0.1, 0.15) is 17.5 Å². The molecule has 1 aliphatic heterocycles. The molecule has 0 bridgehead atoms. The first-order valence-electron chi connectivity index (χ1n) is 7.83. The summed E-state index contributed by atoms with van der Waals surface area (Å²) in [6.45, 7) is 2.35. The van der Waals surface area contributed by atoms with Crippen molar-refractivity contribution < 1.29 is 9.59 Å². The fourth-order valence-electron chi connectivity index (χ4n) is 2.77. The van der Waals surface area contributed by atoms with Gasteiger partial charge in [-0.15, -0.1) is 0 Å². The molecule has 5 heteroatoms. The zero-order valence-corrected chi connectivity index (χ0v) is 13.8. The van der Waals surface area contributed by atoms with Gasteiger partial charge < -0.3 is 9.80 Å². The fraction of sp³-hybridized carbons (Fsp3) is 0.333. The van der Waals surface area contributed by atoms with Gasteiger partial charge in [0.2, 0.25) is 11.8 Å². The molecule has 0 radical (unpaired) electrons. The minimum absolute atomic E-state index is 0.109. The second-order valence-electron chi connectivity index (χ2n) is 5.74. The Labute approximate surface area is 140 Å². The van der Waals surface area contributed by atoms with E-state index in [9.17, 15) is 9.59 Å². The number of hydrogen-bond donors (Lipinski definition) is 0. The highest BCUT2D eigenvalue weighted by molar-refractivity contribution is 7.08. The third kappa shape index (κ3) is 4.20. The monoisotopic (exact) mass is 328 g/mol. The van der Waals surface area contributed by atoms with Crippen LogP contribution in [0.25, 0.3) is 0 Å². The van der Waals surface area contributed by atoms with Crippen molar-refractivity contribution in [2.24, 2.45) is 0 Å². The Balaban J connectivity index is 1.59. The molecular formula is C18H20N2O2S. The summed E-state index contributed by atoms with van der Waals surface area (Å²) in [5, 5.41) is 3.98. The number of hydrogen-bond acceptors (Lipinski definition) is 3. The van der Waals surface area contributed by atoms with Gasteiger partial charge in [0.05, 0.1) is 6.42 Å². The van der Waals surface area contributed by atoms with E-state index in [0.717, 1.165) is 11.1 Å². The molecular weight excluding hydrogens is 308 g/mol. The Morgan fingerprint density at radius 1 is 1.04 bits per heavy atom. The highest BCUT2D eigenvalue weighted by Crippen LogP contribution is 2.13. The molecule has 0 saturated carbocycles. The van der Waals surface area contributed by atoms with E-state index in [4.69, 9.17) is 0 Å². The number of benzene rings is 1. The number of carbonyl (C=O) groups is 2. The first-order chi connectivity index (χ1) is 11.2. The highest BCUT2D eigenvalue weighted by Gasteiger charge is 2.23. The standard InChI is InChI=1S/C18H20N2O2S/c21-17-6-8-19(18(22)12-16-7-11-23-14-16)9-10-20(17)13-15-4-2-1-3-5-15/h1-5,7,11,14H,6,8-10,12-13H2. The first-order valence-corrected chi connectivity index (χ1v) is 8.77. The molecule has 1 aromatic carbocycles. The molecule has 1 aromatic heterocycles. The second kappa shape index (κ2) is 7.42. The van der Waals surface area contributed by atoms with E-state index >= 15 is 0 Å². The van der Waals surface area contributed by atoms with Crippen LogP contribution in [-0.4, -0.2) is 41.2 Å². The van der Waals surface area contributed by atoms with Crippen molar-refractivity contribution in [2.45, 2.75) is 19.4 Å². The lowest BCUT2D eigenvalue weighted by Gasteiger charge is -2.22. The van der Waals surface area contributed by atoms with Crippen LogP contribution in [0.15, 0.2) is 47.2 Å². The van der Waals surface area contributed by atoms with Gasteiger partial charge >= 0.3 is 0 Å². The van der Waals surface area contributed by atoms with Gasteiger partial charge in [-0.3, -0.25) is 9.59 Å². The Morgan fingerprint density at radius 2 is 1.87 bits per heavy atom. The first kappa shape index (κ1) is 15.7. The van der Waals surface area contributed by atoms with Crippen molar-refractivity contribution in [3.63, 3.8) is 0 Å². The van der Waals surface area contributed by atoms with Crippen molar-refractivity contribution in [3.8, 4) is 0 Å². The van der Waals surface area contributed by atoms with Gasteiger partial charge in [0.25, 0.3) is 0 Å². The smallest absolute Gasteiger partial charge is 0.227 e. The van der Waals surface area contributed by atoms with Crippen LogP contribution in [0.2, 0.25) is 0 Å². The van der Waals surface area contributed by atoms with Gasteiger partial charge in [-0.05, 0) is 28.0 Å². The van der Waals surface area contributed by atoms with Crippen LogP contribution in [0, 0.1) is 0 Å². The van der Waals surface area contributed by atoms with Gasteiger partial charge in [0.15, 0.2) is 0 Å². The summed E-state index contributed by atoms with van der Waals surface area (Å²) >= 11 is 1.60. The lowest BCUT2D eigenvalue weighted by atomic mass is 10.2. The zero-order chi connectivity index (χ0) is 16.1. The summed E-state index contributed by atoms with van der Waals surface area (Å²) in [4.78, 5) is 28.4. The average molecular weight is 328 g/mol. The molecule has 0 unspecified atom stereocenters. The number of rotatable bonds is 4. The second-order valence-corrected chi connectivity index (χ2v) is 6.52. The van der Waals surface area contributed by atoms with Crippen molar-refractivity contribution in [1.29, 1.82) is 0 Å². The maximum atomic E-state index is 12.4.